The molecule has 14 heavy (non-hydrogen) atoms. The Kier molecular flexibility index (Phi) is 2.87. The molecule has 74 valence electrons. The number of hydrogen-bond donors (Lipinski definition) is 0. The van der Waals surface area contributed by atoms with Gasteiger partial charge in [-0.15, -0.1) is 0 Å². The first kappa shape index (κ1) is 9.71. The lowest BCUT2D eigenvalue weighted by Gasteiger charge is -1.89. The summed E-state index contributed by atoms with van der Waals surface area (Å²) in [4.78, 5) is 4.40. The van der Waals surface area contributed by atoms with Crippen LogP contribution in [-0.2, 0) is 6.42 Å². The Morgan fingerprint density at radius 1 is 1.43 bits per heavy atom. The van der Waals surface area contributed by atoms with E-state index in [9.17, 15) is 0 Å². The van der Waals surface area contributed by atoms with Crippen LogP contribution in [0.15, 0.2) is 27.1 Å². The monoisotopic (exact) mass is 253 g/mol. The SMILES string of the molecule is CCCCc1nc2ccc(Br)cc2o1. The van der Waals surface area contributed by atoms with Gasteiger partial charge in [-0.05, 0) is 24.6 Å². The molecule has 0 aliphatic rings. The van der Waals surface area contributed by atoms with Crippen LogP contribution in [0.2, 0.25) is 0 Å². The molecule has 0 atom stereocenters. The number of hydrogen-bond acceptors (Lipinski definition) is 2. The number of benzene rings is 1. The van der Waals surface area contributed by atoms with Crippen molar-refractivity contribution in [2.75, 3.05) is 0 Å². The predicted molar refractivity (Wildman–Crippen MR) is 60.3 cm³/mol. The summed E-state index contributed by atoms with van der Waals surface area (Å²) >= 11 is 3.41. The normalized spacial score (nSPS) is 11.0. The molecule has 2 rings (SSSR count). The van der Waals surface area contributed by atoms with Gasteiger partial charge >= 0.3 is 0 Å². The second-order valence-electron chi connectivity index (χ2n) is 3.32. The van der Waals surface area contributed by atoms with Crippen LogP contribution in [0.25, 0.3) is 11.1 Å². The van der Waals surface area contributed by atoms with Crippen LogP contribution in [0.5, 0.6) is 0 Å². The first-order valence-electron chi connectivity index (χ1n) is 4.84. The van der Waals surface area contributed by atoms with Crippen molar-refractivity contribution in [3.63, 3.8) is 0 Å². The third-order valence-corrected chi connectivity index (χ3v) is 2.63. The van der Waals surface area contributed by atoms with Crippen molar-refractivity contribution >= 4 is 27.0 Å². The number of aromatic nitrogens is 1. The molecule has 0 radical (unpaired) electrons. The van der Waals surface area contributed by atoms with Gasteiger partial charge in [-0.2, -0.15) is 0 Å². The topological polar surface area (TPSA) is 26.0 Å². The van der Waals surface area contributed by atoms with Gasteiger partial charge < -0.3 is 4.42 Å². The summed E-state index contributed by atoms with van der Waals surface area (Å²) in [6.07, 6.45) is 3.24. The zero-order valence-electron chi connectivity index (χ0n) is 8.09. The van der Waals surface area contributed by atoms with Crippen LogP contribution < -0.4 is 0 Å². The smallest absolute Gasteiger partial charge is 0.195 e. The molecular formula is C11H12BrNO. The molecule has 1 heterocycles. The van der Waals surface area contributed by atoms with E-state index in [1.165, 1.54) is 6.42 Å². The second-order valence-corrected chi connectivity index (χ2v) is 4.24. The first-order valence-corrected chi connectivity index (χ1v) is 5.64. The van der Waals surface area contributed by atoms with Crippen molar-refractivity contribution in [1.29, 1.82) is 0 Å². The molecule has 0 amide bonds. The summed E-state index contributed by atoms with van der Waals surface area (Å²) in [5.74, 6) is 0.847. The largest absolute Gasteiger partial charge is 0.441 e. The van der Waals surface area contributed by atoms with Crippen LogP contribution in [0.3, 0.4) is 0 Å². The minimum absolute atomic E-state index is 0.847. The average molecular weight is 254 g/mol. The Morgan fingerprint density at radius 2 is 2.29 bits per heavy atom. The molecule has 0 saturated carbocycles. The summed E-state index contributed by atoms with van der Waals surface area (Å²) in [7, 11) is 0. The zero-order valence-corrected chi connectivity index (χ0v) is 9.67. The third-order valence-electron chi connectivity index (χ3n) is 2.14. The second kappa shape index (κ2) is 4.13. The standard InChI is InChI=1S/C11H12BrNO/c1-2-3-4-11-13-9-6-5-8(12)7-10(9)14-11/h5-7H,2-4H2,1H3. The average Bonchev–Trinajstić information content (AvgIpc) is 2.56. The molecule has 0 unspecified atom stereocenters. The third kappa shape index (κ3) is 1.98. The van der Waals surface area contributed by atoms with Gasteiger partial charge in [-0.25, -0.2) is 4.98 Å². The summed E-state index contributed by atoms with van der Waals surface area (Å²) in [5, 5.41) is 0. The van der Waals surface area contributed by atoms with E-state index in [4.69, 9.17) is 4.42 Å². The van der Waals surface area contributed by atoms with Crippen molar-refractivity contribution in [3.05, 3.63) is 28.6 Å². The Labute approximate surface area is 91.5 Å². The number of unbranched alkanes of at least 4 members (excludes halogenated alkanes) is 1. The first-order chi connectivity index (χ1) is 6.79. The molecule has 0 bridgehead atoms. The highest BCUT2D eigenvalue weighted by molar-refractivity contribution is 9.10. The highest BCUT2D eigenvalue weighted by Gasteiger charge is 2.04. The minimum atomic E-state index is 0.847. The molecule has 1 aromatic carbocycles. The number of rotatable bonds is 3. The molecule has 3 heteroatoms. The highest BCUT2D eigenvalue weighted by Crippen LogP contribution is 2.21. The fourth-order valence-electron chi connectivity index (χ4n) is 1.38. The van der Waals surface area contributed by atoms with Gasteiger partial charge in [0, 0.05) is 10.9 Å². The molecule has 0 fully saturated rings. The van der Waals surface area contributed by atoms with Gasteiger partial charge in [0.25, 0.3) is 0 Å². The molecule has 0 saturated heterocycles. The Bertz CT molecular complexity index is 436. The van der Waals surface area contributed by atoms with E-state index in [-0.39, 0.29) is 0 Å². The minimum Gasteiger partial charge on any atom is -0.441 e. The van der Waals surface area contributed by atoms with E-state index in [1.807, 2.05) is 18.2 Å². The van der Waals surface area contributed by atoms with Gasteiger partial charge in [0.1, 0.15) is 5.52 Å². The van der Waals surface area contributed by atoms with E-state index in [2.05, 4.69) is 27.8 Å². The molecule has 1 aromatic heterocycles. The van der Waals surface area contributed by atoms with Crippen LogP contribution in [0.4, 0.5) is 0 Å². The van der Waals surface area contributed by atoms with Crippen molar-refractivity contribution in [2.24, 2.45) is 0 Å². The molecular weight excluding hydrogens is 242 g/mol. The zero-order chi connectivity index (χ0) is 9.97. The molecule has 0 aliphatic heterocycles. The Morgan fingerprint density at radius 3 is 3.07 bits per heavy atom. The van der Waals surface area contributed by atoms with E-state index in [0.717, 1.165) is 34.3 Å². The number of oxazole rings is 1. The lowest BCUT2D eigenvalue weighted by atomic mass is 10.2. The highest BCUT2D eigenvalue weighted by atomic mass is 79.9. The lowest BCUT2D eigenvalue weighted by Crippen LogP contribution is -1.82. The summed E-state index contributed by atoms with van der Waals surface area (Å²) in [6.45, 7) is 2.17. The van der Waals surface area contributed by atoms with Crippen LogP contribution in [0, 0.1) is 0 Å². The van der Waals surface area contributed by atoms with Gasteiger partial charge in [-0.3, -0.25) is 0 Å². The van der Waals surface area contributed by atoms with Crippen molar-refractivity contribution in [3.8, 4) is 0 Å². The van der Waals surface area contributed by atoms with Crippen LogP contribution in [0.1, 0.15) is 25.7 Å². The maximum absolute atomic E-state index is 5.61. The van der Waals surface area contributed by atoms with Gasteiger partial charge in [-0.1, -0.05) is 29.3 Å². The van der Waals surface area contributed by atoms with E-state index in [1.54, 1.807) is 0 Å². The fraction of sp³-hybridized carbons (Fsp3) is 0.364. The maximum atomic E-state index is 5.61. The fourth-order valence-corrected chi connectivity index (χ4v) is 1.72. The number of fused-ring (bicyclic) bond motifs is 1. The van der Waals surface area contributed by atoms with Crippen molar-refractivity contribution in [2.45, 2.75) is 26.2 Å². The Balaban J connectivity index is 2.32. The maximum Gasteiger partial charge on any atom is 0.195 e. The van der Waals surface area contributed by atoms with Crippen molar-refractivity contribution < 1.29 is 4.42 Å². The summed E-state index contributed by atoms with van der Waals surface area (Å²) in [5.41, 5.74) is 1.81. The number of nitrogens with zero attached hydrogens (tertiary/aromatic N) is 1. The van der Waals surface area contributed by atoms with Gasteiger partial charge in [0.2, 0.25) is 0 Å². The summed E-state index contributed by atoms with van der Waals surface area (Å²) < 4.78 is 6.64. The van der Waals surface area contributed by atoms with Gasteiger partial charge in [0.05, 0.1) is 0 Å². The molecule has 2 aromatic rings. The molecule has 0 spiro atoms. The van der Waals surface area contributed by atoms with E-state index in [0.29, 0.717) is 0 Å². The molecule has 0 aliphatic carbocycles. The molecule has 2 nitrogen and oxygen atoms in total. The summed E-state index contributed by atoms with van der Waals surface area (Å²) in [6, 6.07) is 5.91. The van der Waals surface area contributed by atoms with E-state index >= 15 is 0 Å². The number of aryl methyl sites for hydroxylation is 1. The van der Waals surface area contributed by atoms with Crippen molar-refractivity contribution in [1.82, 2.24) is 4.98 Å². The predicted octanol–water partition coefficient (Wildman–Crippen LogP) is 3.93. The van der Waals surface area contributed by atoms with Crippen LogP contribution >= 0.6 is 15.9 Å². The quantitative estimate of drug-likeness (QED) is 0.829. The molecule has 0 N–H and O–H groups in total. The van der Waals surface area contributed by atoms with Crippen LogP contribution in [-0.4, -0.2) is 4.98 Å². The Hall–Kier alpha value is -0.830. The number of halogens is 1. The lowest BCUT2D eigenvalue weighted by molar-refractivity contribution is 0.517. The van der Waals surface area contributed by atoms with Gasteiger partial charge in [0.15, 0.2) is 11.5 Å². The van der Waals surface area contributed by atoms with E-state index < -0.39 is 0 Å².